The van der Waals surface area contributed by atoms with Gasteiger partial charge in [0.05, 0.1) is 14.2 Å². The predicted octanol–water partition coefficient (Wildman–Crippen LogP) is 2.42. The summed E-state index contributed by atoms with van der Waals surface area (Å²) < 4.78 is 10.8. The quantitative estimate of drug-likeness (QED) is 0.847. The van der Waals surface area contributed by atoms with Crippen molar-refractivity contribution in [2.75, 3.05) is 45.3 Å². The van der Waals surface area contributed by atoms with Crippen molar-refractivity contribution in [2.45, 2.75) is 6.54 Å². The lowest BCUT2D eigenvalue weighted by Crippen LogP contribution is -2.46. The summed E-state index contributed by atoms with van der Waals surface area (Å²) in [4.78, 5) is 9.21. The van der Waals surface area contributed by atoms with E-state index < -0.39 is 0 Å². The molecule has 1 saturated heterocycles. The van der Waals surface area contributed by atoms with Crippen molar-refractivity contribution in [3.63, 3.8) is 0 Å². The summed E-state index contributed by atoms with van der Waals surface area (Å²) in [6.45, 7) is 4.87. The molecule has 23 heavy (non-hydrogen) atoms. The highest BCUT2D eigenvalue weighted by atomic mass is 16.5. The molecule has 0 amide bonds. The van der Waals surface area contributed by atoms with Crippen molar-refractivity contribution in [3.05, 3.63) is 48.2 Å². The van der Waals surface area contributed by atoms with E-state index in [0.717, 1.165) is 55.6 Å². The van der Waals surface area contributed by atoms with E-state index in [0.29, 0.717) is 0 Å². The molecular weight excluding hydrogens is 290 g/mol. The summed E-state index contributed by atoms with van der Waals surface area (Å²) in [5.74, 6) is 2.84. The van der Waals surface area contributed by atoms with Crippen LogP contribution in [-0.2, 0) is 6.54 Å². The highest BCUT2D eigenvalue weighted by Gasteiger charge is 2.19. The number of methoxy groups -OCH3 is 2. The first-order chi connectivity index (χ1) is 11.3. The van der Waals surface area contributed by atoms with Gasteiger partial charge in [-0.3, -0.25) is 4.90 Å². The Morgan fingerprint density at radius 3 is 2.48 bits per heavy atom. The van der Waals surface area contributed by atoms with Gasteiger partial charge in [0, 0.05) is 44.5 Å². The van der Waals surface area contributed by atoms with Crippen LogP contribution in [0.3, 0.4) is 0 Å². The maximum atomic E-state index is 5.47. The highest BCUT2D eigenvalue weighted by Crippen LogP contribution is 2.26. The topological polar surface area (TPSA) is 37.8 Å². The zero-order valence-electron chi connectivity index (χ0n) is 13.7. The van der Waals surface area contributed by atoms with Crippen LogP contribution in [0.15, 0.2) is 42.6 Å². The van der Waals surface area contributed by atoms with Gasteiger partial charge in [0.15, 0.2) is 0 Å². The Balaban J connectivity index is 1.63. The number of hydrogen-bond acceptors (Lipinski definition) is 5. The molecule has 122 valence electrons. The van der Waals surface area contributed by atoms with Gasteiger partial charge in [0.1, 0.15) is 17.3 Å². The number of hydrogen-bond donors (Lipinski definition) is 0. The van der Waals surface area contributed by atoms with E-state index in [-0.39, 0.29) is 0 Å². The molecule has 0 radical (unpaired) electrons. The number of rotatable bonds is 5. The molecule has 0 aliphatic carbocycles. The first-order valence-corrected chi connectivity index (χ1v) is 7.89. The molecule has 0 atom stereocenters. The zero-order chi connectivity index (χ0) is 16.1. The Labute approximate surface area is 137 Å². The molecule has 1 fully saturated rings. The highest BCUT2D eigenvalue weighted by molar-refractivity contribution is 5.41. The monoisotopic (exact) mass is 313 g/mol. The second-order valence-corrected chi connectivity index (χ2v) is 5.63. The van der Waals surface area contributed by atoms with Gasteiger partial charge in [-0.1, -0.05) is 6.07 Å². The summed E-state index contributed by atoms with van der Waals surface area (Å²) in [5, 5.41) is 0. The van der Waals surface area contributed by atoms with Crippen LogP contribution < -0.4 is 14.4 Å². The molecule has 1 aromatic heterocycles. The second-order valence-electron chi connectivity index (χ2n) is 5.63. The molecule has 1 aliphatic heterocycles. The van der Waals surface area contributed by atoms with Gasteiger partial charge in [-0.05, 0) is 30.3 Å². The molecule has 0 saturated carbocycles. The van der Waals surface area contributed by atoms with Gasteiger partial charge in [-0.15, -0.1) is 0 Å². The first kappa shape index (κ1) is 15.6. The standard InChI is InChI=1S/C18H23N3O2/c1-22-16-6-7-17(23-2)15(13-16)14-20-9-11-21(12-10-20)18-5-3-4-8-19-18/h3-8,13H,9-12,14H2,1-2H3. The Kier molecular flexibility index (Phi) is 4.98. The lowest BCUT2D eigenvalue weighted by Gasteiger charge is -2.35. The normalized spacial score (nSPS) is 15.5. The molecule has 0 N–H and O–H groups in total. The fraction of sp³-hybridized carbons (Fsp3) is 0.389. The van der Waals surface area contributed by atoms with E-state index in [1.165, 1.54) is 0 Å². The Morgan fingerprint density at radius 1 is 1.00 bits per heavy atom. The minimum atomic E-state index is 0.868. The summed E-state index contributed by atoms with van der Waals surface area (Å²) in [7, 11) is 3.40. The predicted molar refractivity (Wildman–Crippen MR) is 91.3 cm³/mol. The lowest BCUT2D eigenvalue weighted by atomic mass is 10.1. The summed E-state index contributed by atoms with van der Waals surface area (Å²) in [6, 6.07) is 12.0. The molecular formula is C18H23N3O2. The molecule has 2 heterocycles. The molecule has 5 nitrogen and oxygen atoms in total. The molecule has 3 rings (SSSR count). The summed E-state index contributed by atoms with van der Waals surface area (Å²) >= 11 is 0. The first-order valence-electron chi connectivity index (χ1n) is 7.89. The minimum Gasteiger partial charge on any atom is -0.497 e. The number of benzene rings is 1. The van der Waals surface area contributed by atoms with Crippen LogP contribution in [-0.4, -0.2) is 50.3 Å². The fourth-order valence-corrected chi connectivity index (χ4v) is 2.92. The van der Waals surface area contributed by atoms with Crippen molar-refractivity contribution in [1.29, 1.82) is 0 Å². The Bertz CT molecular complexity index is 625. The van der Waals surface area contributed by atoms with Gasteiger partial charge in [-0.2, -0.15) is 0 Å². The van der Waals surface area contributed by atoms with Crippen LogP contribution in [0.5, 0.6) is 11.5 Å². The van der Waals surface area contributed by atoms with E-state index in [1.54, 1.807) is 14.2 Å². The lowest BCUT2D eigenvalue weighted by molar-refractivity contribution is 0.245. The summed E-state index contributed by atoms with van der Waals surface area (Å²) in [6.07, 6.45) is 1.85. The second kappa shape index (κ2) is 7.33. The van der Waals surface area contributed by atoms with Crippen LogP contribution in [0.25, 0.3) is 0 Å². The van der Waals surface area contributed by atoms with Crippen molar-refractivity contribution in [3.8, 4) is 11.5 Å². The van der Waals surface area contributed by atoms with Crippen LogP contribution in [0.2, 0.25) is 0 Å². The van der Waals surface area contributed by atoms with Crippen molar-refractivity contribution in [1.82, 2.24) is 9.88 Å². The van der Waals surface area contributed by atoms with Gasteiger partial charge < -0.3 is 14.4 Å². The number of ether oxygens (including phenoxy) is 2. The van der Waals surface area contributed by atoms with Crippen molar-refractivity contribution < 1.29 is 9.47 Å². The van der Waals surface area contributed by atoms with E-state index in [4.69, 9.17) is 9.47 Å². The Hall–Kier alpha value is -2.27. The van der Waals surface area contributed by atoms with Gasteiger partial charge in [-0.25, -0.2) is 4.98 Å². The fourth-order valence-electron chi connectivity index (χ4n) is 2.92. The molecule has 5 heteroatoms. The number of aromatic nitrogens is 1. The Morgan fingerprint density at radius 2 is 1.83 bits per heavy atom. The average molecular weight is 313 g/mol. The molecule has 0 unspecified atom stereocenters. The van der Waals surface area contributed by atoms with Gasteiger partial charge in [0.2, 0.25) is 0 Å². The smallest absolute Gasteiger partial charge is 0.128 e. The molecule has 1 aromatic carbocycles. The van der Waals surface area contributed by atoms with E-state index >= 15 is 0 Å². The minimum absolute atomic E-state index is 0.868. The SMILES string of the molecule is COc1ccc(OC)c(CN2CCN(c3ccccn3)CC2)c1. The van der Waals surface area contributed by atoms with Crippen LogP contribution in [0, 0.1) is 0 Å². The third-order valence-corrected chi connectivity index (χ3v) is 4.23. The maximum Gasteiger partial charge on any atom is 0.128 e. The van der Waals surface area contributed by atoms with Crippen molar-refractivity contribution >= 4 is 5.82 Å². The van der Waals surface area contributed by atoms with E-state index in [9.17, 15) is 0 Å². The van der Waals surface area contributed by atoms with Crippen LogP contribution in [0.4, 0.5) is 5.82 Å². The van der Waals surface area contributed by atoms with Crippen LogP contribution >= 0.6 is 0 Å². The third-order valence-electron chi connectivity index (χ3n) is 4.23. The number of nitrogens with zero attached hydrogens (tertiary/aromatic N) is 3. The van der Waals surface area contributed by atoms with Gasteiger partial charge >= 0.3 is 0 Å². The van der Waals surface area contributed by atoms with Gasteiger partial charge in [0.25, 0.3) is 0 Å². The largest absolute Gasteiger partial charge is 0.497 e. The molecule has 0 bridgehead atoms. The average Bonchev–Trinajstić information content (AvgIpc) is 2.63. The number of pyridine rings is 1. The maximum absolute atomic E-state index is 5.47. The van der Waals surface area contributed by atoms with E-state index in [1.807, 2.05) is 30.5 Å². The third kappa shape index (κ3) is 3.74. The van der Waals surface area contributed by atoms with E-state index in [2.05, 4.69) is 26.9 Å². The summed E-state index contributed by atoms with van der Waals surface area (Å²) in [5.41, 5.74) is 1.16. The van der Waals surface area contributed by atoms with Crippen LogP contribution in [0.1, 0.15) is 5.56 Å². The molecule has 2 aromatic rings. The molecule has 0 spiro atoms. The number of anilines is 1. The van der Waals surface area contributed by atoms with Crippen molar-refractivity contribution in [2.24, 2.45) is 0 Å². The molecule has 1 aliphatic rings. The number of piperazine rings is 1. The zero-order valence-corrected chi connectivity index (χ0v) is 13.7.